The summed E-state index contributed by atoms with van der Waals surface area (Å²) in [6.07, 6.45) is 0. The number of aromatic nitrogens is 1. The van der Waals surface area contributed by atoms with Crippen LogP contribution >= 0.6 is 22.9 Å². The van der Waals surface area contributed by atoms with Crippen LogP contribution in [0.3, 0.4) is 0 Å². The highest BCUT2D eigenvalue weighted by molar-refractivity contribution is 7.13. The van der Waals surface area contributed by atoms with Crippen LogP contribution in [0.2, 0.25) is 5.02 Å². The normalized spacial score (nSPS) is 10.6. The fourth-order valence-electron chi connectivity index (χ4n) is 2.33. The number of amides is 1. The topological polar surface area (TPSA) is 42.4 Å². The molecule has 1 amide bonds. The Kier molecular flexibility index (Phi) is 5.91. The largest absolute Gasteiger partial charge is 0.492 e. The van der Waals surface area contributed by atoms with Gasteiger partial charge in [0.25, 0.3) is 5.91 Å². The second-order valence-electron chi connectivity index (χ2n) is 5.93. The first-order chi connectivity index (χ1) is 12.5. The highest BCUT2D eigenvalue weighted by Gasteiger charge is 2.16. The molecule has 0 aliphatic carbocycles. The van der Waals surface area contributed by atoms with E-state index in [2.05, 4.69) is 4.98 Å². The molecule has 0 spiro atoms. The van der Waals surface area contributed by atoms with Gasteiger partial charge < -0.3 is 9.64 Å². The molecule has 0 aliphatic heterocycles. The summed E-state index contributed by atoms with van der Waals surface area (Å²) >= 11 is 7.35. The molecule has 26 heavy (non-hydrogen) atoms. The molecule has 3 rings (SSSR count). The quantitative estimate of drug-likeness (QED) is 0.603. The van der Waals surface area contributed by atoms with Gasteiger partial charge in [-0.05, 0) is 31.2 Å². The van der Waals surface area contributed by atoms with Crippen molar-refractivity contribution in [2.75, 3.05) is 20.2 Å². The van der Waals surface area contributed by atoms with E-state index < -0.39 is 0 Å². The van der Waals surface area contributed by atoms with Crippen molar-refractivity contribution in [2.24, 2.45) is 0 Å². The van der Waals surface area contributed by atoms with Crippen molar-refractivity contribution in [2.45, 2.75) is 6.92 Å². The Bertz CT molecular complexity index is 876. The Morgan fingerprint density at radius 2 is 1.85 bits per heavy atom. The number of ether oxygens (including phenoxy) is 1. The molecule has 0 fully saturated rings. The first-order valence-corrected chi connectivity index (χ1v) is 9.45. The van der Waals surface area contributed by atoms with Crippen molar-refractivity contribution < 1.29 is 9.53 Å². The fourth-order valence-corrected chi connectivity index (χ4v) is 3.26. The summed E-state index contributed by atoms with van der Waals surface area (Å²) in [5, 5.41) is 3.26. The van der Waals surface area contributed by atoms with Crippen molar-refractivity contribution in [1.29, 1.82) is 0 Å². The second kappa shape index (κ2) is 8.34. The van der Waals surface area contributed by atoms with Crippen molar-refractivity contribution in [3.63, 3.8) is 0 Å². The highest BCUT2D eigenvalue weighted by atomic mass is 35.5. The summed E-state index contributed by atoms with van der Waals surface area (Å²) in [7, 11) is 1.75. The molecule has 0 unspecified atom stereocenters. The smallest absolute Gasteiger partial charge is 0.273 e. The number of benzene rings is 2. The van der Waals surface area contributed by atoms with E-state index in [9.17, 15) is 4.79 Å². The lowest BCUT2D eigenvalue weighted by Gasteiger charge is -2.16. The number of carbonyl (C=O) groups excluding carboxylic acids is 1. The van der Waals surface area contributed by atoms with Gasteiger partial charge in [-0.1, -0.05) is 41.4 Å². The Hall–Kier alpha value is -2.37. The lowest BCUT2D eigenvalue weighted by Crippen LogP contribution is -2.31. The van der Waals surface area contributed by atoms with Gasteiger partial charge >= 0.3 is 0 Å². The minimum absolute atomic E-state index is 0.117. The van der Waals surface area contributed by atoms with Crippen LogP contribution in [0.15, 0.2) is 53.9 Å². The van der Waals surface area contributed by atoms with E-state index in [0.29, 0.717) is 23.9 Å². The molecule has 0 N–H and O–H groups in total. The molecular formula is C20H19ClN2O2S. The molecule has 1 heterocycles. The maximum absolute atomic E-state index is 12.5. The molecule has 6 heteroatoms. The number of thiazole rings is 1. The maximum Gasteiger partial charge on any atom is 0.273 e. The van der Waals surface area contributed by atoms with Gasteiger partial charge in [-0.15, -0.1) is 11.3 Å². The standard InChI is InChI=1S/C20H19ClN2O2S/c1-14-3-9-17(10-4-14)25-12-11-23(2)20(24)18-13-26-19(22-18)15-5-7-16(21)8-6-15/h3-10,13H,11-12H2,1-2H3. The number of aryl methyl sites for hydroxylation is 1. The Balaban J connectivity index is 1.56. The number of halogens is 1. The van der Waals surface area contributed by atoms with Crippen molar-refractivity contribution in [3.8, 4) is 16.3 Å². The predicted octanol–water partition coefficient (Wildman–Crippen LogP) is 4.92. The van der Waals surface area contributed by atoms with Gasteiger partial charge in [-0.2, -0.15) is 0 Å². The van der Waals surface area contributed by atoms with Crippen LogP contribution in [0.5, 0.6) is 5.75 Å². The van der Waals surface area contributed by atoms with E-state index in [1.165, 1.54) is 16.9 Å². The van der Waals surface area contributed by atoms with E-state index in [0.717, 1.165) is 16.3 Å². The maximum atomic E-state index is 12.5. The first-order valence-electron chi connectivity index (χ1n) is 8.19. The second-order valence-corrected chi connectivity index (χ2v) is 7.23. The molecule has 0 saturated heterocycles. The molecule has 4 nitrogen and oxygen atoms in total. The molecular weight excluding hydrogens is 368 g/mol. The third kappa shape index (κ3) is 4.62. The first kappa shape index (κ1) is 18.4. The molecule has 3 aromatic rings. The molecule has 0 aliphatic rings. The van der Waals surface area contributed by atoms with E-state index in [4.69, 9.17) is 16.3 Å². The Morgan fingerprint density at radius 3 is 2.54 bits per heavy atom. The van der Waals surface area contributed by atoms with Crippen molar-refractivity contribution in [3.05, 3.63) is 70.2 Å². The number of hydrogen-bond acceptors (Lipinski definition) is 4. The average molecular weight is 387 g/mol. The summed E-state index contributed by atoms with van der Waals surface area (Å²) in [4.78, 5) is 18.6. The minimum atomic E-state index is -0.117. The van der Waals surface area contributed by atoms with Crippen molar-refractivity contribution in [1.82, 2.24) is 9.88 Å². The SMILES string of the molecule is Cc1ccc(OCCN(C)C(=O)c2csc(-c3ccc(Cl)cc3)n2)cc1. The minimum Gasteiger partial charge on any atom is -0.492 e. The van der Waals surface area contributed by atoms with Gasteiger partial charge in [-0.25, -0.2) is 4.98 Å². The zero-order valence-corrected chi connectivity index (χ0v) is 16.2. The molecule has 1 aromatic heterocycles. The molecule has 0 saturated carbocycles. The zero-order chi connectivity index (χ0) is 18.5. The van der Waals surface area contributed by atoms with Gasteiger partial charge in [0, 0.05) is 23.0 Å². The molecule has 0 bridgehead atoms. The van der Waals surface area contributed by atoms with E-state index >= 15 is 0 Å². The fraction of sp³-hybridized carbons (Fsp3) is 0.200. The van der Waals surface area contributed by atoms with Crippen LogP contribution in [0.1, 0.15) is 16.1 Å². The summed E-state index contributed by atoms with van der Waals surface area (Å²) in [5.41, 5.74) is 2.58. The summed E-state index contributed by atoms with van der Waals surface area (Å²) in [5.74, 6) is 0.684. The molecule has 0 atom stereocenters. The number of hydrogen-bond donors (Lipinski definition) is 0. The van der Waals surface area contributed by atoms with Crippen LogP contribution in [-0.4, -0.2) is 36.0 Å². The van der Waals surface area contributed by atoms with E-state index in [1.54, 1.807) is 17.3 Å². The number of likely N-dealkylation sites (N-methyl/N-ethyl adjacent to an activating group) is 1. The third-order valence-electron chi connectivity index (χ3n) is 3.88. The monoisotopic (exact) mass is 386 g/mol. The summed E-state index contributed by atoms with van der Waals surface area (Å²) < 4.78 is 5.68. The lowest BCUT2D eigenvalue weighted by atomic mass is 10.2. The summed E-state index contributed by atoms with van der Waals surface area (Å²) in [6.45, 7) is 2.95. The molecule has 134 valence electrons. The van der Waals surface area contributed by atoms with Gasteiger partial charge in [0.05, 0.1) is 6.54 Å². The van der Waals surface area contributed by atoms with Gasteiger partial charge in [-0.3, -0.25) is 4.79 Å². The van der Waals surface area contributed by atoms with Crippen LogP contribution in [0.25, 0.3) is 10.6 Å². The van der Waals surface area contributed by atoms with Crippen LogP contribution < -0.4 is 4.74 Å². The highest BCUT2D eigenvalue weighted by Crippen LogP contribution is 2.25. The van der Waals surface area contributed by atoms with Crippen molar-refractivity contribution >= 4 is 28.8 Å². The lowest BCUT2D eigenvalue weighted by molar-refractivity contribution is 0.0769. The van der Waals surface area contributed by atoms with E-state index in [-0.39, 0.29) is 5.91 Å². The Morgan fingerprint density at radius 1 is 1.15 bits per heavy atom. The van der Waals surface area contributed by atoms with Crippen LogP contribution in [-0.2, 0) is 0 Å². The van der Waals surface area contributed by atoms with E-state index in [1.807, 2.05) is 55.5 Å². The third-order valence-corrected chi connectivity index (χ3v) is 5.02. The van der Waals surface area contributed by atoms with Crippen LogP contribution in [0, 0.1) is 6.92 Å². The van der Waals surface area contributed by atoms with Gasteiger partial charge in [0.2, 0.25) is 0 Å². The Labute approximate surface area is 162 Å². The molecule has 2 aromatic carbocycles. The van der Waals surface area contributed by atoms with Gasteiger partial charge in [0.15, 0.2) is 0 Å². The number of nitrogens with zero attached hydrogens (tertiary/aromatic N) is 2. The predicted molar refractivity (Wildman–Crippen MR) is 106 cm³/mol. The number of rotatable bonds is 6. The van der Waals surface area contributed by atoms with Gasteiger partial charge in [0.1, 0.15) is 23.1 Å². The molecule has 0 radical (unpaired) electrons. The average Bonchev–Trinajstić information content (AvgIpc) is 3.13. The summed E-state index contributed by atoms with van der Waals surface area (Å²) in [6, 6.07) is 15.3. The number of carbonyl (C=O) groups is 1. The van der Waals surface area contributed by atoms with Crippen LogP contribution in [0.4, 0.5) is 0 Å². The zero-order valence-electron chi connectivity index (χ0n) is 14.6.